The first-order valence-electron chi connectivity index (χ1n) is 8.35. The standard InChI is InChI=1S/C18H23N3O3S/c1-23-13-6-7-16(24-2)14(9-13)15-10-25-18(20-15)21-17(22)11-4-3-5-12(19)8-11/h6-7,9-12H,3-5,8,19H2,1-2H3,(H,20,21,22). The highest BCUT2D eigenvalue weighted by Crippen LogP contribution is 2.35. The Bertz CT molecular complexity index is 747. The third kappa shape index (κ3) is 4.11. The second-order valence-electron chi connectivity index (χ2n) is 6.22. The summed E-state index contributed by atoms with van der Waals surface area (Å²) >= 11 is 1.40. The molecule has 0 aliphatic heterocycles. The highest BCUT2D eigenvalue weighted by molar-refractivity contribution is 7.14. The van der Waals surface area contributed by atoms with Crippen LogP contribution in [-0.4, -0.2) is 31.2 Å². The first kappa shape index (κ1) is 17.7. The van der Waals surface area contributed by atoms with Gasteiger partial charge in [0.1, 0.15) is 11.5 Å². The zero-order chi connectivity index (χ0) is 17.8. The predicted molar refractivity (Wildman–Crippen MR) is 99.2 cm³/mol. The van der Waals surface area contributed by atoms with Crippen LogP contribution in [0.15, 0.2) is 23.6 Å². The fourth-order valence-corrected chi connectivity index (χ4v) is 3.86. The van der Waals surface area contributed by atoms with Crippen molar-refractivity contribution in [2.45, 2.75) is 31.7 Å². The molecule has 2 aromatic rings. The molecule has 7 heteroatoms. The number of amides is 1. The molecular formula is C18H23N3O3S. The molecule has 0 saturated heterocycles. The summed E-state index contributed by atoms with van der Waals surface area (Å²) in [6.45, 7) is 0. The molecular weight excluding hydrogens is 338 g/mol. The number of nitrogens with one attached hydrogen (secondary N) is 1. The maximum Gasteiger partial charge on any atom is 0.229 e. The first-order valence-corrected chi connectivity index (χ1v) is 9.23. The number of hydrogen-bond acceptors (Lipinski definition) is 6. The number of carbonyl (C=O) groups excluding carboxylic acids is 1. The Kier molecular flexibility index (Phi) is 5.55. The number of aromatic nitrogens is 1. The predicted octanol–water partition coefficient (Wildman–Crippen LogP) is 3.28. The number of hydrogen-bond donors (Lipinski definition) is 2. The van der Waals surface area contributed by atoms with Crippen LogP contribution in [0.5, 0.6) is 11.5 Å². The molecule has 3 rings (SSSR count). The Morgan fingerprint density at radius 1 is 1.32 bits per heavy atom. The lowest BCUT2D eigenvalue weighted by Gasteiger charge is -2.25. The third-order valence-corrected chi connectivity index (χ3v) is 5.26. The van der Waals surface area contributed by atoms with Crippen molar-refractivity contribution in [2.24, 2.45) is 11.7 Å². The number of nitrogens with zero attached hydrogens (tertiary/aromatic N) is 1. The van der Waals surface area contributed by atoms with Crippen LogP contribution in [0.1, 0.15) is 25.7 Å². The number of benzene rings is 1. The van der Waals surface area contributed by atoms with Crippen LogP contribution in [0.25, 0.3) is 11.3 Å². The van der Waals surface area contributed by atoms with E-state index in [-0.39, 0.29) is 17.9 Å². The number of ether oxygens (including phenoxy) is 2. The smallest absolute Gasteiger partial charge is 0.229 e. The molecule has 6 nitrogen and oxygen atoms in total. The van der Waals surface area contributed by atoms with Gasteiger partial charge in [-0.15, -0.1) is 11.3 Å². The zero-order valence-electron chi connectivity index (χ0n) is 14.5. The Morgan fingerprint density at radius 2 is 2.16 bits per heavy atom. The number of thiazole rings is 1. The van der Waals surface area contributed by atoms with E-state index in [1.165, 1.54) is 11.3 Å². The molecule has 1 aromatic heterocycles. The molecule has 1 heterocycles. The lowest BCUT2D eigenvalue weighted by molar-refractivity contribution is -0.120. The van der Waals surface area contributed by atoms with E-state index in [1.54, 1.807) is 14.2 Å². The fourth-order valence-electron chi connectivity index (χ4n) is 3.14. The van der Waals surface area contributed by atoms with E-state index in [0.29, 0.717) is 10.9 Å². The largest absolute Gasteiger partial charge is 0.497 e. The van der Waals surface area contributed by atoms with Gasteiger partial charge in [0.25, 0.3) is 0 Å². The summed E-state index contributed by atoms with van der Waals surface area (Å²) in [5, 5.41) is 5.42. The second kappa shape index (κ2) is 7.84. The number of rotatable bonds is 5. The molecule has 2 atom stereocenters. The fraction of sp³-hybridized carbons (Fsp3) is 0.444. The van der Waals surface area contributed by atoms with Crippen molar-refractivity contribution in [1.29, 1.82) is 0 Å². The minimum Gasteiger partial charge on any atom is -0.497 e. The van der Waals surface area contributed by atoms with E-state index in [4.69, 9.17) is 15.2 Å². The molecule has 1 saturated carbocycles. The monoisotopic (exact) mass is 361 g/mol. The molecule has 25 heavy (non-hydrogen) atoms. The molecule has 0 radical (unpaired) electrons. The van der Waals surface area contributed by atoms with Crippen molar-refractivity contribution < 1.29 is 14.3 Å². The number of anilines is 1. The van der Waals surface area contributed by atoms with Crippen molar-refractivity contribution in [3.8, 4) is 22.8 Å². The summed E-state index contributed by atoms with van der Waals surface area (Å²) in [5.41, 5.74) is 7.56. The maximum atomic E-state index is 12.4. The summed E-state index contributed by atoms with van der Waals surface area (Å²) in [4.78, 5) is 17.0. The van der Waals surface area contributed by atoms with Gasteiger partial charge in [-0.2, -0.15) is 0 Å². The zero-order valence-corrected chi connectivity index (χ0v) is 15.3. The van der Waals surface area contributed by atoms with Crippen LogP contribution in [0.4, 0.5) is 5.13 Å². The highest BCUT2D eigenvalue weighted by atomic mass is 32.1. The summed E-state index contributed by atoms with van der Waals surface area (Å²) in [6, 6.07) is 5.68. The lowest BCUT2D eigenvalue weighted by Crippen LogP contribution is -2.34. The lowest BCUT2D eigenvalue weighted by atomic mass is 9.86. The summed E-state index contributed by atoms with van der Waals surface area (Å²) < 4.78 is 10.7. The number of methoxy groups -OCH3 is 2. The topological polar surface area (TPSA) is 86.5 Å². The molecule has 1 aliphatic rings. The van der Waals surface area contributed by atoms with E-state index in [2.05, 4.69) is 10.3 Å². The van der Waals surface area contributed by atoms with Crippen LogP contribution in [-0.2, 0) is 4.79 Å². The summed E-state index contributed by atoms with van der Waals surface area (Å²) in [7, 11) is 3.24. The van der Waals surface area contributed by atoms with Gasteiger partial charge in [0.2, 0.25) is 5.91 Å². The van der Waals surface area contributed by atoms with E-state index in [9.17, 15) is 4.79 Å². The normalized spacial score (nSPS) is 20.1. The minimum absolute atomic E-state index is 0.00802. The van der Waals surface area contributed by atoms with Crippen molar-refractivity contribution in [3.05, 3.63) is 23.6 Å². The van der Waals surface area contributed by atoms with E-state index < -0.39 is 0 Å². The van der Waals surface area contributed by atoms with Gasteiger partial charge in [-0.25, -0.2) is 4.98 Å². The molecule has 1 amide bonds. The van der Waals surface area contributed by atoms with Crippen molar-refractivity contribution in [2.75, 3.05) is 19.5 Å². The first-order chi connectivity index (χ1) is 12.1. The maximum absolute atomic E-state index is 12.4. The van der Waals surface area contributed by atoms with Gasteiger partial charge < -0.3 is 20.5 Å². The van der Waals surface area contributed by atoms with Crippen LogP contribution in [0, 0.1) is 5.92 Å². The summed E-state index contributed by atoms with van der Waals surface area (Å²) in [5.74, 6) is 1.42. The van der Waals surface area contributed by atoms with Gasteiger partial charge in [-0.05, 0) is 37.5 Å². The third-order valence-electron chi connectivity index (χ3n) is 4.50. The average Bonchev–Trinajstić information content (AvgIpc) is 3.09. The molecule has 1 fully saturated rings. The van der Waals surface area contributed by atoms with Gasteiger partial charge in [0.15, 0.2) is 5.13 Å². The molecule has 1 aliphatic carbocycles. The van der Waals surface area contributed by atoms with Crippen LogP contribution < -0.4 is 20.5 Å². The average molecular weight is 361 g/mol. The molecule has 0 bridgehead atoms. The second-order valence-corrected chi connectivity index (χ2v) is 7.08. The Balaban J connectivity index is 1.75. The van der Waals surface area contributed by atoms with Crippen LogP contribution in [0.3, 0.4) is 0 Å². The van der Waals surface area contributed by atoms with E-state index >= 15 is 0 Å². The quantitative estimate of drug-likeness (QED) is 0.853. The molecule has 134 valence electrons. The molecule has 1 aromatic carbocycles. The molecule has 2 unspecified atom stereocenters. The molecule has 0 spiro atoms. The van der Waals surface area contributed by atoms with Crippen LogP contribution in [0.2, 0.25) is 0 Å². The Morgan fingerprint density at radius 3 is 2.88 bits per heavy atom. The van der Waals surface area contributed by atoms with E-state index in [0.717, 1.165) is 42.7 Å². The van der Waals surface area contributed by atoms with E-state index in [1.807, 2.05) is 23.6 Å². The van der Waals surface area contributed by atoms with Gasteiger partial charge >= 0.3 is 0 Å². The van der Waals surface area contributed by atoms with Crippen molar-refractivity contribution >= 4 is 22.4 Å². The van der Waals surface area contributed by atoms with Gasteiger partial charge in [-0.3, -0.25) is 4.79 Å². The Hall–Kier alpha value is -2.12. The van der Waals surface area contributed by atoms with Gasteiger partial charge in [0.05, 0.1) is 19.9 Å². The highest BCUT2D eigenvalue weighted by Gasteiger charge is 2.26. The Labute approximate surface area is 151 Å². The number of nitrogens with two attached hydrogens (primary N) is 1. The van der Waals surface area contributed by atoms with Gasteiger partial charge in [-0.1, -0.05) is 6.42 Å². The van der Waals surface area contributed by atoms with Crippen molar-refractivity contribution in [1.82, 2.24) is 4.98 Å². The minimum atomic E-state index is -0.0255. The van der Waals surface area contributed by atoms with Crippen LogP contribution >= 0.6 is 11.3 Å². The van der Waals surface area contributed by atoms with Gasteiger partial charge in [0, 0.05) is 22.9 Å². The summed E-state index contributed by atoms with van der Waals surface area (Å²) in [6.07, 6.45) is 3.64. The van der Waals surface area contributed by atoms with Crippen molar-refractivity contribution in [3.63, 3.8) is 0 Å². The molecule has 3 N–H and O–H groups in total. The SMILES string of the molecule is COc1ccc(OC)c(-c2csc(NC(=O)C3CCCC(N)C3)n2)c1. The number of carbonyl (C=O) groups is 1.